The number of anilines is 1. The zero-order valence-electron chi connectivity index (χ0n) is 18.9. The smallest absolute Gasteiger partial charge is 0.336 e. The maximum absolute atomic E-state index is 13.6. The maximum Gasteiger partial charge on any atom is 0.336 e. The highest BCUT2D eigenvalue weighted by Gasteiger charge is 2.47. The van der Waals surface area contributed by atoms with Gasteiger partial charge >= 0.3 is 11.9 Å². The molecule has 0 saturated carbocycles. The van der Waals surface area contributed by atoms with Crippen molar-refractivity contribution >= 4 is 23.4 Å². The summed E-state index contributed by atoms with van der Waals surface area (Å²) in [6, 6.07) is 7.73. The maximum atomic E-state index is 13.6. The number of benzene rings is 1. The van der Waals surface area contributed by atoms with Crippen molar-refractivity contribution in [1.82, 2.24) is 5.32 Å². The summed E-state index contributed by atoms with van der Waals surface area (Å²) in [7, 11) is 5.18. The molecule has 0 spiro atoms. The average molecular weight is 427 g/mol. The van der Waals surface area contributed by atoms with Gasteiger partial charge in [0.2, 0.25) is 0 Å². The van der Waals surface area contributed by atoms with Crippen molar-refractivity contribution in [2.75, 3.05) is 32.7 Å². The number of ketones is 1. The molecule has 0 bridgehead atoms. The molecule has 1 aromatic rings. The fourth-order valence-corrected chi connectivity index (χ4v) is 4.46. The third kappa shape index (κ3) is 4.09. The van der Waals surface area contributed by atoms with Gasteiger partial charge in [-0.05, 0) is 43.9 Å². The zero-order valence-corrected chi connectivity index (χ0v) is 18.9. The number of rotatable bonds is 5. The SMILES string of the molecule is CCOC(=O)C1=C(C)NC2=C(C(=O)[C@H](C(=O)OC)[C@H](C)C2)[C@@H]1c1ccc(N(C)C)cc1. The minimum absolute atomic E-state index is 0.208. The van der Waals surface area contributed by atoms with Crippen molar-refractivity contribution in [2.45, 2.75) is 33.1 Å². The Balaban J connectivity index is 2.17. The zero-order chi connectivity index (χ0) is 22.9. The first-order chi connectivity index (χ1) is 14.7. The highest BCUT2D eigenvalue weighted by Crippen LogP contribution is 2.45. The Hall–Kier alpha value is -3.09. The van der Waals surface area contributed by atoms with Crippen LogP contribution in [-0.2, 0) is 23.9 Å². The molecule has 0 aromatic heterocycles. The van der Waals surface area contributed by atoms with Crippen LogP contribution in [0.3, 0.4) is 0 Å². The molecule has 0 unspecified atom stereocenters. The lowest BCUT2D eigenvalue weighted by molar-refractivity contribution is -0.151. The van der Waals surface area contributed by atoms with Gasteiger partial charge in [0.25, 0.3) is 0 Å². The Kier molecular flexibility index (Phi) is 6.53. The summed E-state index contributed by atoms with van der Waals surface area (Å²) in [5, 5.41) is 3.25. The number of Topliss-reactive ketones (excluding diaryl/α,β-unsaturated/α-hetero) is 1. The molecule has 7 nitrogen and oxygen atoms in total. The second-order valence-electron chi connectivity index (χ2n) is 8.24. The Morgan fingerprint density at radius 2 is 1.84 bits per heavy atom. The van der Waals surface area contributed by atoms with Gasteiger partial charge in [-0.2, -0.15) is 0 Å². The Labute approximate surface area is 183 Å². The van der Waals surface area contributed by atoms with E-state index in [2.05, 4.69) is 5.32 Å². The number of carbonyl (C=O) groups is 3. The number of hydrogen-bond donors (Lipinski definition) is 1. The van der Waals surface area contributed by atoms with Crippen LogP contribution in [0, 0.1) is 11.8 Å². The summed E-state index contributed by atoms with van der Waals surface area (Å²) in [6.07, 6.45) is 0.514. The predicted octanol–water partition coefficient (Wildman–Crippen LogP) is 2.93. The molecular formula is C24H30N2O5. The molecule has 1 aliphatic heterocycles. The molecule has 0 saturated heterocycles. The number of allylic oxidation sites excluding steroid dienone is 3. The second-order valence-corrected chi connectivity index (χ2v) is 8.24. The van der Waals surface area contributed by atoms with E-state index in [0.29, 0.717) is 23.3 Å². The van der Waals surface area contributed by atoms with E-state index in [1.165, 1.54) is 7.11 Å². The highest BCUT2D eigenvalue weighted by molar-refractivity contribution is 6.12. The summed E-state index contributed by atoms with van der Waals surface area (Å²) in [5.41, 5.74) is 4.06. The van der Waals surface area contributed by atoms with Crippen molar-refractivity contribution in [1.29, 1.82) is 0 Å². The highest BCUT2D eigenvalue weighted by atomic mass is 16.5. The second kappa shape index (κ2) is 8.96. The van der Waals surface area contributed by atoms with Crippen LogP contribution >= 0.6 is 0 Å². The lowest BCUT2D eigenvalue weighted by atomic mass is 9.69. The van der Waals surface area contributed by atoms with E-state index in [1.807, 2.05) is 57.1 Å². The summed E-state index contributed by atoms with van der Waals surface area (Å²) >= 11 is 0. The molecule has 166 valence electrons. The summed E-state index contributed by atoms with van der Waals surface area (Å²) < 4.78 is 10.2. The predicted molar refractivity (Wildman–Crippen MR) is 117 cm³/mol. The standard InChI is InChI=1S/C24H30N2O5/c1-7-31-24(29)19-14(3)25-17-12-13(2)18(23(28)30-6)22(27)21(17)20(19)15-8-10-16(11-9-15)26(4)5/h8-11,13,18,20,25H,7,12H2,1-6H3/t13-,18-,20-/m1/s1. The Bertz CT molecular complexity index is 959. The van der Waals surface area contributed by atoms with Gasteiger partial charge < -0.3 is 19.7 Å². The quantitative estimate of drug-likeness (QED) is 0.572. The van der Waals surface area contributed by atoms with Crippen LogP contribution in [0.5, 0.6) is 0 Å². The number of carbonyl (C=O) groups excluding carboxylic acids is 3. The van der Waals surface area contributed by atoms with Gasteiger partial charge in [-0.1, -0.05) is 19.1 Å². The van der Waals surface area contributed by atoms with Gasteiger partial charge in [0.1, 0.15) is 5.92 Å². The molecule has 7 heteroatoms. The lowest BCUT2D eigenvalue weighted by Crippen LogP contribution is -2.43. The molecule has 1 aromatic carbocycles. The molecule has 2 aliphatic rings. The molecule has 1 N–H and O–H groups in total. The van der Waals surface area contributed by atoms with Gasteiger partial charge in [0.15, 0.2) is 5.78 Å². The molecule has 0 amide bonds. The minimum Gasteiger partial charge on any atom is -0.468 e. The summed E-state index contributed by atoms with van der Waals surface area (Å²) in [6.45, 7) is 5.66. The monoisotopic (exact) mass is 426 g/mol. The first-order valence-electron chi connectivity index (χ1n) is 10.5. The van der Waals surface area contributed by atoms with Crippen LogP contribution in [0.1, 0.15) is 38.7 Å². The number of hydrogen-bond acceptors (Lipinski definition) is 7. The van der Waals surface area contributed by atoms with Crippen molar-refractivity contribution in [3.63, 3.8) is 0 Å². The number of nitrogens with zero attached hydrogens (tertiary/aromatic N) is 1. The topological polar surface area (TPSA) is 84.9 Å². The van der Waals surface area contributed by atoms with E-state index >= 15 is 0 Å². The molecule has 1 heterocycles. The van der Waals surface area contributed by atoms with Crippen molar-refractivity contribution < 1.29 is 23.9 Å². The van der Waals surface area contributed by atoms with Crippen LogP contribution in [0.2, 0.25) is 0 Å². The van der Waals surface area contributed by atoms with E-state index in [1.54, 1.807) is 6.92 Å². The largest absolute Gasteiger partial charge is 0.468 e. The number of ether oxygens (including phenoxy) is 2. The van der Waals surface area contributed by atoms with E-state index < -0.39 is 23.8 Å². The fourth-order valence-electron chi connectivity index (χ4n) is 4.46. The Morgan fingerprint density at radius 3 is 2.39 bits per heavy atom. The Morgan fingerprint density at radius 1 is 1.19 bits per heavy atom. The minimum atomic E-state index is -0.893. The number of nitrogens with one attached hydrogen (secondary N) is 1. The third-order valence-corrected chi connectivity index (χ3v) is 5.98. The molecule has 3 atom stereocenters. The van der Waals surface area contributed by atoms with E-state index in [4.69, 9.17) is 9.47 Å². The number of esters is 2. The van der Waals surface area contributed by atoms with Crippen LogP contribution in [0.4, 0.5) is 5.69 Å². The number of methoxy groups -OCH3 is 1. The lowest BCUT2D eigenvalue weighted by Gasteiger charge is -2.38. The van der Waals surface area contributed by atoms with Gasteiger partial charge in [0.05, 0.1) is 19.3 Å². The normalized spacial score (nSPS) is 23.2. The van der Waals surface area contributed by atoms with E-state index in [9.17, 15) is 14.4 Å². The summed E-state index contributed by atoms with van der Waals surface area (Å²) in [5.74, 6) is -3.03. The van der Waals surface area contributed by atoms with Crippen molar-refractivity contribution in [3.8, 4) is 0 Å². The molecule has 3 rings (SSSR count). The molecule has 31 heavy (non-hydrogen) atoms. The van der Waals surface area contributed by atoms with Crippen LogP contribution in [0.25, 0.3) is 0 Å². The van der Waals surface area contributed by atoms with Crippen molar-refractivity contribution in [3.05, 3.63) is 52.4 Å². The third-order valence-electron chi connectivity index (χ3n) is 5.98. The first-order valence-corrected chi connectivity index (χ1v) is 10.5. The van der Waals surface area contributed by atoms with Gasteiger partial charge in [-0.3, -0.25) is 9.59 Å². The number of dihydropyridines is 1. The fraction of sp³-hybridized carbons (Fsp3) is 0.458. The van der Waals surface area contributed by atoms with Gasteiger partial charge in [0, 0.05) is 42.7 Å². The molecular weight excluding hydrogens is 396 g/mol. The molecule has 1 aliphatic carbocycles. The molecule has 0 fully saturated rings. The molecule has 0 radical (unpaired) electrons. The van der Waals surface area contributed by atoms with E-state index in [0.717, 1.165) is 16.9 Å². The van der Waals surface area contributed by atoms with Gasteiger partial charge in [-0.25, -0.2) is 4.79 Å². The van der Waals surface area contributed by atoms with Crippen LogP contribution in [-0.4, -0.2) is 45.5 Å². The van der Waals surface area contributed by atoms with Crippen molar-refractivity contribution in [2.24, 2.45) is 11.8 Å². The first kappa shape index (κ1) is 22.6. The van der Waals surface area contributed by atoms with Crippen LogP contribution < -0.4 is 10.2 Å². The van der Waals surface area contributed by atoms with Crippen LogP contribution in [0.15, 0.2) is 46.8 Å². The van der Waals surface area contributed by atoms with Gasteiger partial charge in [-0.15, -0.1) is 0 Å². The van der Waals surface area contributed by atoms with E-state index in [-0.39, 0.29) is 18.3 Å². The summed E-state index contributed by atoms with van der Waals surface area (Å²) in [4.78, 5) is 40.9. The average Bonchev–Trinajstić information content (AvgIpc) is 2.72.